The Balaban J connectivity index is 2.40. The normalized spacial score (nSPS) is 16.0. The van der Waals surface area contributed by atoms with Crippen molar-refractivity contribution in [2.24, 2.45) is 0 Å². The molecule has 7 heteroatoms. The summed E-state index contributed by atoms with van der Waals surface area (Å²) in [5.74, 6) is 0.702. The van der Waals surface area contributed by atoms with E-state index in [-0.39, 0.29) is 11.6 Å². The third-order valence-electron chi connectivity index (χ3n) is 3.24. The van der Waals surface area contributed by atoms with Crippen LogP contribution in [0, 0.1) is 0 Å². The SMILES string of the molecule is CCOc1cc(Cl)c(/C=C2/NC(=O)N(CC)C2=O)cc1OCC. The van der Waals surface area contributed by atoms with Crippen LogP contribution in [-0.4, -0.2) is 36.6 Å². The molecule has 0 radical (unpaired) electrons. The highest BCUT2D eigenvalue weighted by Gasteiger charge is 2.32. The van der Waals surface area contributed by atoms with Gasteiger partial charge in [-0.05, 0) is 38.5 Å². The van der Waals surface area contributed by atoms with Gasteiger partial charge < -0.3 is 14.8 Å². The summed E-state index contributed by atoms with van der Waals surface area (Å²) in [5, 5.41) is 2.94. The smallest absolute Gasteiger partial charge is 0.328 e. The van der Waals surface area contributed by atoms with Crippen LogP contribution in [0.25, 0.3) is 6.08 Å². The molecule has 1 heterocycles. The summed E-state index contributed by atoms with van der Waals surface area (Å²) in [6.45, 7) is 6.72. The van der Waals surface area contributed by atoms with Gasteiger partial charge in [0.15, 0.2) is 11.5 Å². The maximum atomic E-state index is 12.1. The van der Waals surface area contributed by atoms with Crippen LogP contribution in [0.15, 0.2) is 17.8 Å². The predicted octanol–water partition coefficient (Wildman–Crippen LogP) is 3.05. The Morgan fingerprint density at radius 2 is 1.74 bits per heavy atom. The molecule has 0 saturated carbocycles. The first-order valence-corrected chi connectivity index (χ1v) is 7.83. The largest absolute Gasteiger partial charge is 0.490 e. The highest BCUT2D eigenvalue weighted by atomic mass is 35.5. The van der Waals surface area contributed by atoms with Gasteiger partial charge in [-0.2, -0.15) is 0 Å². The van der Waals surface area contributed by atoms with Crippen molar-refractivity contribution in [3.8, 4) is 11.5 Å². The van der Waals surface area contributed by atoms with Crippen molar-refractivity contribution in [3.63, 3.8) is 0 Å². The number of rotatable bonds is 6. The van der Waals surface area contributed by atoms with Gasteiger partial charge in [-0.25, -0.2) is 4.79 Å². The number of nitrogens with zero attached hydrogens (tertiary/aromatic N) is 1. The third-order valence-corrected chi connectivity index (χ3v) is 3.57. The minimum Gasteiger partial charge on any atom is -0.490 e. The van der Waals surface area contributed by atoms with Crippen molar-refractivity contribution in [1.82, 2.24) is 10.2 Å². The topological polar surface area (TPSA) is 67.9 Å². The maximum Gasteiger partial charge on any atom is 0.328 e. The van der Waals surface area contributed by atoms with Crippen LogP contribution in [0.2, 0.25) is 5.02 Å². The highest BCUT2D eigenvalue weighted by molar-refractivity contribution is 6.32. The monoisotopic (exact) mass is 338 g/mol. The Morgan fingerprint density at radius 3 is 2.26 bits per heavy atom. The Bertz CT molecular complexity index is 658. The van der Waals surface area contributed by atoms with Crippen molar-refractivity contribution in [2.45, 2.75) is 20.8 Å². The van der Waals surface area contributed by atoms with Crippen LogP contribution in [-0.2, 0) is 4.79 Å². The van der Waals surface area contributed by atoms with E-state index in [2.05, 4.69) is 5.32 Å². The number of carbonyl (C=O) groups excluding carboxylic acids is 2. The second kappa shape index (κ2) is 7.37. The average Bonchev–Trinajstić information content (AvgIpc) is 2.78. The second-order valence-corrected chi connectivity index (χ2v) is 5.13. The summed E-state index contributed by atoms with van der Waals surface area (Å²) in [6, 6.07) is 2.90. The van der Waals surface area contributed by atoms with E-state index in [1.54, 1.807) is 19.1 Å². The van der Waals surface area contributed by atoms with E-state index in [1.165, 1.54) is 6.08 Å². The Labute approximate surface area is 140 Å². The van der Waals surface area contributed by atoms with E-state index in [1.807, 2.05) is 13.8 Å². The average molecular weight is 339 g/mol. The van der Waals surface area contributed by atoms with Gasteiger partial charge in [0, 0.05) is 12.6 Å². The molecule has 6 nitrogen and oxygen atoms in total. The van der Waals surface area contributed by atoms with Gasteiger partial charge in [0.2, 0.25) is 0 Å². The van der Waals surface area contributed by atoms with E-state index in [0.29, 0.717) is 41.8 Å². The number of nitrogens with one attached hydrogen (secondary N) is 1. The van der Waals surface area contributed by atoms with E-state index in [9.17, 15) is 9.59 Å². The van der Waals surface area contributed by atoms with Crippen LogP contribution in [0.5, 0.6) is 11.5 Å². The van der Waals surface area contributed by atoms with Crippen LogP contribution in [0.4, 0.5) is 4.79 Å². The van der Waals surface area contributed by atoms with Gasteiger partial charge in [-0.15, -0.1) is 0 Å². The molecule has 0 spiro atoms. The molecular formula is C16H19ClN2O4. The summed E-state index contributed by atoms with van der Waals surface area (Å²) < 4.78 is 11.0. The lowest BCUT2D eigenvalue weighted by molar-refractivity contribution is -0.122. The number of likely N-dealkylation sites (N-methyl/N-ethyl adjacent to an activating group) is 1. The molecule has 1 aromatic carbocycles. The number of carbonyl (C=O) groups is 2. The Kier molecular flexibility index (Phi) is 5.50. The summed E-state index contributed by atoms with van der Waals surface area (Å²) >= 11 is 6.25. The van der Waals surface area contributed by atoms with Crippen LogP contribution >= 0.6 is 11.6 Å². The fourth-order valence-corrected chi connectivity index (χ4v) is 2.42. The molecule has 0 aromatic heterocycles. The van der Waals surface area contributed by atoms with Gasteiger partial charge >= 0.3 is 6.03 Å². The van der Waals surface area contributed by atoms with Crippen molar-refractivity contribution in [1.29, 1.82) is 0 Å². The first-order chi connectivity index (χ1) is 11.0. The standard InChI is InChI=1S/C16H19ClN2O4/c1-4-19-15(20)12(18-16(19)21)7-10-8-13(22-5-2)14(23-6-3)9-11(10)17/h7-9H,4-6H2,1-3H3,(H,18,21)/b12-7+. The predicted molar refractivity (Wildman–Crippen MR) is 87.7 cm³/mol. The molecule has 0 aliphatic carbocycles. The number of ether oxygens (including phenoxy) is 2. The molecule has 1 fully saturated rings. The first kappa shape index (κ1) is 17.1. The number of amides is 3. The van der Waals surface area contributed by atoms with E-state index in [0.717, 1.165) is 4.90 Å². The Morgan fingerprint density at radius 1 is 1.13 bits per heavy atom. The van der Waals surface area contributed by atoms with Gasteiger partial charge in [-0.3, -0.25) is 9.69 Å². The molecule has 23 heavy (non-hydrogen) atoms. The van der Waals surface area contributed by atoms with Crippen molar-refractivity contribution < 1.29 is 19.1 Å². The molecule has 2 rings (SSSR count). The summed E-state index contributed by atoms with van der Waals surface area (Å²) in [5.41, 5.74) is 0.755. The first-order valence-electron chi connectivity index (χ1n) is 7.45. The lowest BCUT2D eigenvalue weighted by Gasteiger charge is -2.13. The molecule has 1 aliphatic rings. The number of halogens is 1. The number of imide groups is 1. The maximum absolute atomic E-state index is 12.1. The third kappa shape index (κ3) is 3.59. The zero-order valence-corrected chi connectivity index (χ0v) is 14.1. The molecule has 1 aliphatic heterocycles. The lowest BCUT2D eigenvalue weighted by Crippen LogP contribution is -2.30. The van der Waals surface area contributed by atoms with Gasteiger partial charge in [0.1, 0.15) is 5.70 Å². The Hall–Kier alpha value is -2.21. The molecule has 124 valence electrons. The van der Waals surface area contributed by atoms with Crippen molar-refractivity contribution in [2.75, 3.05) is 19.8 Å². The van der Waals surface area contributed by atoms with E-state index in [4.69, 9.17) is 21.1 Å². The molecule has 1 aromatic rings. The number of urea groups is 1. The molecule has 0 bridgehead atoms. The second-order valence-electron chi connectivity index (χ2n) is 4.72. The summed E-state index contributed by atoms with van der Waals surface area (Å²) in [7, 11) is 0. The van der Waals surface area contributed by atoms with Crippen LogP contribution < -0.4 is 14.8 Å². The fourth-order valence-electron chi connectivity index (χ4n) is 2.21. The summed E-state index contributed by atoms with van der Waals surface area (Å²) in [4.78, 5) is 24.9. The zero-order valence-electron chi connectivity index (χ0n) is 13.3. The fraction of sp³-hybridized carbons (Fsp3) is 0.375. The molecule has 1 N–H and O–H groups in total. The lowest BCUT2D eigenvalue weighted by atomic mass is 10.1. The minimum absolute atomic E-state index is 0.186. The number of hydrogen-bond donors (Lipinski definition) is 1. The highest BCUT2D eigenvalue weighted by Crippen LogP contribution is 2.35. The molecule has 0 unspecified atom stereocenters. The number of benzene rings is 1. The van der Waals surface area contributed by atoms with E-state index >= 15 is 0 Å². The van der Waals surface area contributed by atoms with Crippen molar-refractivity contribution >= 4 is 29.6 Å². The van der Waals surface area contributed by atoms with Gasteiger partial charge in [-0.1, -0.05) is 11.6 Å². The van der Waals surface area contributed by atoms with Gasteiger partial charge in [0.25, 0.3) is 5.91 Å². The minimum atomic E-state index is -0.434. The molecule has 0 atom stereocenters. The van der Waals surface area contributed by atoms with E-state index < -0.39 is 6.03 Å². The summed E-state index contributed by atoms with van der Waals surface area (Å²) in [6.07, 6.45) is 1.54. The molecular weight excluding hydrogens is 320 g/mol. The van der Waals surface area contributed by atoms with Gasteiger partial charge in [0.05, 0.1) is 18.2 Å². The quantitative estimate of drug-likeness (QED) is 0.639. The van der Waals surface area contributed by atoms with Crippen LogP contribution in [0.3, 0.4) is 0 Å². The molecule has 3 amide bonds. The van der Waals surface area contributed by atoms with Crippen LogP contribution in [0.1, 0.15) is 26.3 Å². The van der Waals surface area contributed by atoms with Crippen molar-refractivity contribution in [3.05, 3.63) is 28.4 Å². The molecule has 1 saturated heterocycles. The number of hydrogen-bond acceptors (Lipinski definition) is 4. The zero-order chi connectivity index (χ0) is 17.0.